The van der Waals surface area contributed by atoms with E-state index in [9.17, 15) is 0 Å². The van der Waals surface area contributed by atoms with Crippen molar-refractivity contribution in [2.24, 2.45) is 21.8 Å². The van der Waals surface area contributed by atoms with Crippen LogP contribution in [0.1, 0.15) is 37.2 Å². The third-order valence-electron chi connectivity index (χ3n) is 4.22. The lowest BCUT2D eigenvalue weighted by Crippen LogP contribution is -2.18. The molecular formula is C18H22N2O2. The highest BCUT2D eigenvalue weighted by Crippen LogP contribution is 2.29. The number of aliphatic imine (C=N–C) groups is 2. The van der Waals surface area contributed by atoms with Crippen molar-refractivity contribution in [3.05, 3.63) is 48.3 Å². The Morgan fingerprint density at radius 3 is 1.64 bits per heavy atom. The van der Waals surface area contributed by atoms with Crippen LogP contribution in [0.4, 0.5) is 0 Å². The molecule has 2 aromatic rings. The van der Waals surface area contributed by atoms with E-state index in [1.165, 1.54) is 25.7 Å². The zero-order chi connectivity index (χ0) is 15.0. The maximum atomic E-state index is 5.24. The van der Waals surface area contributed by atoms with Gasteiger partial charge in [0.2, 0.25) is 0 Å². The van der Waals surface area contributed by atoms with Crippen LogP contribution in [-0.2, 0) is 0 Å². The third kappa shape index (κ3) is 4.45. The van der Waals surface area contributed by atoms with Crippen LogP contribution < -0.4 is 0 Å². The summed E-state index contributed by atoms with van der Waals surface area (Å²) < 4.78 is 10.5. The molecule has 4 heteroatoms. The molecule has 0 aliphatic heterocycles. The number of rotatable bonds is 6. The highest BCUT2D eigenvalue weighted by atomic mass is 16.3. The van der Waals surface area contributed by atoms with Gasteiger partial charge in [-0.1, -0.05) is 0 Å². The monoisotopic (exact) mass is 298 g/mol. The van der Waals surface area contributed by atoms with Gasteiger partial charge in [0.1, 0.15) is 11.5 Å². The van der Waals surface area contributed by atoms with Gasteiger partial charge in [-0.15, -0.1) is 0 Å². The molecular weight excluding hydrogens is 276 g/mol. The fraction of sp³-hybridized carbons (Fsp3) is 0.444. The summed E-state index contributed by atoms with van der Waals surface area (Å²) >= 11 is 0. The second-order valence-electron chi connectivity index (χ2n) is 5.91. The molecule has 22 heavy (non-hydrogen) atoms. The fourth-order valence-electron chi connectivity index (χ4n) is 2.91. The molecule has 1 saturated carbocycles. The van der Waals surface area contributed by atoms with E-state index in [0.29, 0.717) is 11.8 Å². The summed E-state index contributed by atoms with van der Waals surface area (Å²) in [7, 11) is 0. The van der Waals surface area contributed by atoms with Crippen molar-refractivity contribution in [2.45, 2.75) is 25.7 Å². The van der Waals surface area contributed by atoms with Crippen molar-refractivity contribution >= 4 is 12.4 Å². The van der Waals surface area contributed by atoms with Gasteiger partial charge < -0.3 is 8.83 Å². The zero-order valence-electron chi connectivity index (χ0n) is 12.7. The summed E-state index contributed by atoms with van der Waals surface area (Å²) in [4.78, 5) is 9.00. The maximum Gasteiger partial charge on any atom is 0.144 e. The Kier molecular flexibility index (Phi) is 5.24. The Morgan fingerprint density at radius 1 is 0.818 bits per heavy atom. The van der Waals surface area contributed by atoms with Crippen molar-refractivity contribution < 1.29 is 8.83 Å². The van der Waals surface area contributed by atoms with E-state index < -0.39 is 0 Å². The van der Waals surface area contributed by atoms with Gasteiger partial charge in [0, 0.05) is 13.1 Å². The number of furan rings is 2. The van der Waals surface area contributed by atoms with E-state index in [1.807, 2.05) is 36.7 Å². The molecule has 0 amide bonds. The Balaban J connectivity index is 1.35. The summed E-state index contributed by atoms with van der Waals surface area (Å²) in [5.74, 6) is 3.08. The van der Waals surface area contributed by atoms with E-state index in [0.717, 1.165) is 24.6 Å². The number of hydrogen-bond donors (Lipinski definition) is 0. The lowest BCUT2D eigenvalue weighted by atomic mass is 9.82. The molecule has 0 radical (unpaired) electrons. The van der Waals surface area contributed by atoms with Crippen LogP contribution in [0.15, 0.2) is 55.6 Å². The van der Waals surface area contributed by atoms with Gasteiger partial charge in [-0.2, -0.15) is 0 Å². The van der Waals surface area contributed by atoms with Gasteiger partial charge in [-0.3, -0.25) is 9.98 Å². The molecule has 0 spiro atoms. The topological polar surface area (TPSA) is 51.0 Å². The van der Waals surface area contributed by atoms with Crippen molar-refractivity contribution in [3.8, 4) is 0 Å². The van der Waals surface area contributed by atoms with Crippen LogP contribution in [0.25, 0.3) is 0 Å². The lowest BCUT2D eigenvalue weighted by Gasteiger charge is -2.26. The van der Waals surface area contributed by atoms with Gasteiger partial charge in [0.15, 0.2) is 0 Å². The number of hydrogen-bond acceptors (Lipinski definition) is 4. The molecule has 2 heterocycles. The maximum absolute atomic E-state index is 5.24. The van der Waals surface area contributed by atoms with Crippen molar-refractivity contribution in [1.29, 1.82) is 0 Å². The average Bonchev–Trinajstić information content (AvgIpc) is 3.22. The largest absolute Gasteiger partial charge is 0.463 e. The van der Waals surface area contributed by atoms with Crippen LogP contribution in [-0.4, -0.2) is 25.5 Å². The Labute approximate surface area is 131 Å². The molecule has 0 saturated heterocycles. The zero-order valence-corrected chi connectivity index (χ0v) is 12.7. The van der Waals surface area contributed by atoms with Gasteiger partial charge in [0.25, 0.3) is 0 Å². The van der Waals surface area contributed by atoms with Crippen molar-refractivity contribution in [1.82, 2.24) is 0 Å². The molecule has 0 N–H and O–H groups in total. The molecule has 1 aliphatic carbocycles. The van der Waals surface area contributed by atoms with Crippen LogP contribution in [0.5, 0.6) is 0 Å². The first kappa shape index (κ1) is 14.8. The van der Waals surface area contributed by atoms with E-state index >= 15 is 0 Å². The smallest absolute Gasteiger partial charge is 0.144 e. The molecule has 2 aromatic heterocycles. The molecule has 0 atom stereocenters. The SMILES string of the molecule is C(=N\CC1CCC(C/N=C/c2ccco2)CC1)/c1ccco1. The molecule has 3 rings (SSSR count). The van der Waals surface area contributed by atoms with Gasteiger partial charge >= 0.3 is 0 Å². The second kappa shape index (κ2) is 7.78. The van der Waals surface area contributed by atoms with Crippen molar-refractivity contribution in [3.63, 3.8) is 0 Å². The molecule has 4 nitrogen and oxygen atoms in total. The average molecular weight is 298 g/mol. The summed E-state index contributed by atoms with van der Waals surface area (Å²) in [6, 6.07) is 7.63. The quantitative estimate of drug-likeness (QED) is 0.750. The van der Waals surface area contributed by atoms with Crippen molar-refractivity contribution in [2.75, 3.05) is 13.1 Å². The van der Waals surface area contributed by atoms with Crippen LogP contribution in [0.2, 0.25) is 0 Å². The summed E-state index contributed by atoms with van der Waals surface area (Å²) in [5, 5.41) is 0. The Morgan fingerprint density at radius 2 is 1.27 bits per heavy atom. The van der Waals surface area contributed by atoms with Gasteiger partial charge in [0.05, 0.1) is 25.0 Å². The molecule has 116 valence electrons. The Bertz CT molecular complexity index is 522. The molecule has 1 fully saturated rings. The lowest BCUT2D eigenvalue weighted by molar-refractivity contribution is 0.286. The molecule has 1 aliphatic rings. The van der Waals surface area contributed by atoms with E-state index in [2.05, 4.69) is 9.98 Å². The van der Waals surface area contributed by atoms with E-state index in [1.54, 1.807) is 12.5 Å². The second-order valence-corrected chi connectivity index (χ2v) is 5.91. The normalized spacial score (nSPS) is 22.7. The standard InChI is InChI=1S/C18H22N2O2/c1-3-17(21-9-1)13-19-11-15-5-7-16(8-6-15)12-20-14-18-4-2-10-22-18/h1-4,9-10,13-16H,5-8,11-12H2/b19-13+,20-14+. The highest BCUT2D eigenvalue weighted by Gasteiger charge is 2.20. The van der Waals surface area contributed by atoms with Crippen LogP contribution >= 0.6 is 0 Å². The van der Waals surface area contributed by atoms with E-state index in [4.69, 9.17) is 8.83 Å². The van der Waals surface area contributed by atoms with Crippen LogP contribution in [0.3, 0.4) is 0 Å². The minimum atomic E-state index is 0.705. The predicted octanol–water partition coefficient (Wildman–Crippen LogP) is 4.22. The van der Waals surface area contributed by atoms with Gasteiger partial charge in [-0.05, 0) is 61.8 Å². The molecule has 0 aromatic carbocycles. The first-order valence-corrected chi connectivity index (χ1v) is 7.97. The van der Waals surface area contributed by atoms with Crippen LogP contribution in [0, 0.1) is 11.8 Å². The van der Waals surface area contributed by atoms with E-state index in [-0.39, 0.29) is 0 Å². The first-order chi connectivity index (χ1) is 10.9. The number of nitrogens with zero attached hydrogens (tertiary/aromatic N) is 2. The molecule has 0 unspecified atom stereocenters. The summed E-state index contributed by atoms with van der Waals surface area (Å²) in [6.45, 7) is 1.81. The first-order valence-electron chi connectivity index (χ1n) is 7.97. The fourth-order valence-corrected chi connectivity index (χ4v) is 2.91. The minimum Gasteiger partial charge on any atom is -0.463 e. The van der Waals surface area contributed by atoms with Gasteiger partial charge in [-0.25, -0.2) is 0 Å². The predicted molar refractivity (Wildman–Crippen MR) is 87.8 cm³/mol. The summed E-state index contributed by atoms with van der Waals surface area (Å²) in [6.07, 6.45) is 12.0. The molecule has 0 bridgehead atoms. The highest BCUT2D eigenvalue weighted by molar-refractivity contribution is 5.75. The summed E-state index contributed by atoms with van der Waals surface area (Å²) in [5.41, 5.74) is 0. The Hall–Kier alpha value is -2.10. The minimum absolute atomic E-state index is 0.705. The third-order valence-corrected chi connectivity index (χ3v) is 4.22.